The van der Waals surface area contributed by atoms with Gasteiger partial charge in [0, 0.05) is 12.4 Å². The van der Waals surface area contributed by atoms with Crippen LogP contribution in [0.2, 0.25) is 0 Å². The third kappa shape index (κ3) is 3.49. The molecular weight excluding hydrogens is 256 g/mol. The Hall–Kier alpha value is -2.14. The average molecular weight is 278 g/mol. The smallest absolute Gasteiger partial charge is 0.0834 e. The Morgan fingerprint density at radius 1 is 0.905 bits per heavy atom. The number of rotatable bonds is 3. The van der Waals surface area contributed by atoms with Crippen molar-refractivity contribution in [3.05, 3.63) is 65.5 Å². The van der Waals surface area contributed by atoms with Crippen molar-refractivity contribution >= 4 is 0 Å². The molecule has 0 bridgehead atoms. The van der Waals surface area contributed by atoms with E-state index in [0.717, 1.165) is 11.1 Å². The second-order valence-corrected chi connectivity index (χ2v) is 6.80. The highest BCUT2D eigenvalue weighted by Crippen LogP contribution is 2.30. The minimum absolute atomic E-state index is 0.132. The summed E-state index contributed by atoms with van der Waals surface area (Å²) in [5.41, 5.74) is 3.10. The van der Waals surface area contributed by atoms with Crippen molar-refractivity contribution in [2.24, 2.45) is 0 Å². The third-order valence-electron chi connectivity index (χ3n) is 3.94. The zero-order valence-electron chi connectivity index (χ0n) is 13.2. The number of pyridine rings is 1. The van der Waals surface area contributed by atoms with Crippen LogP contribution in [0.15, 0.2) is 48.8 Å². The van der Waals surface area contributed by atoms with Gasteiger partial charge in [-0.2, -0.15) is 5.26 Å². The zero-order chi connectivity index (χ0) is 15.5. The maximum atomic E-state index is 9.66. The molecule has 0 saturated carbocycles. The van der Waals surface area contributed by atoms with Gasteiger partial charge in [0.05, 0.1) is 11.5 Å². The summed E-state index contributed by atoms with van der Waals surface area (Å²) >= 11 is 0. The molecule has 0 aliphatic carbocycles. The molecule has 0 spiro atoms. The van der Waals surface area contributed by atoms with Crippen LogP contribution in [-0.2, 0) is 17.3 Å². The fraction of sp³-hybridized carbons (Fsp3) is 0.368. The van der Waals surface area contributed by atoms with E-state index in [2.05, 4.69) is 56.1 Å². The number of hydrogen-bond donors (Lipinski definition) is 0. The molecule has 0 fully saturated rings. The van der Waals surface area contributed by atoms with Crippen LogP contribution in [0.1, 0.15) is 44.4 Å². The summed E-state index contributed by atoms with van der Waals surface area (Å²) in [6, 6.07) is 14.9. The van der Waals surface area contributed by atoms with E-state index in [1.165, 1.54) is 5.56 Å². The van der Waals surface area contributed by atoms with Gasteiger partial charge < -0.3 is 0 Å². The van der Waals surface area contributed by atoms with Crippen molar-refractivity contribution in [2.75, 3.05) is 0 Å². The van der Waals surface area contributed by atoms with Crippen LogP contribution in [0.4, 0.5) is 0 Å². The molecule has 1 aromatic carbocycles. The lowest BCUT2D eigenvalue weighted by molar-refractivity contribution is 0.583. The molecule has 108 valence electrons. The first kappa shape index (κ1) is 15.3. The van der Waals surface area contributed by atoms with Crippen molar-refractivity contribution in [2.45, 2.75) is 44.9 Å². The molecule has 1 heterocycles. The van der Waals surface area contributed by atoms with Gasteiger partial charge >= 0.3 is 0 Å². The predicted molar refractivity (Wildman–Crippen MR) is 86.0 cm³/mol. The monoisotopic (exact) mass is 278 g/mol. The Labute approximate surface area is 127 Å². The first-order chi connectivity index (χ1) is 9.85. The average Bonchev–Trinajstić information content (AvgIpc) is 2.47. The number of aromatic nitrogens is 1. The van der Waals surface area contributed by atoms with E-state index in [0.29, 0.717) is 6.42 Å². The predicted octanol–water partition coefficient (Wildman–Crippen LogP) is 4.40. The van der Waals surface area contributed by atoms with E-state index in [9.17, 15) is 5.26 Å². The summed E-state index contributed by atoms with van der Waals surface area (Å²) in [7, 11) is 0. The quantitative estimate of drug-likeness (QED) is 0.834. The van der Waals surface area contributed by atoms with Crippen LogP contribution in [0, 0.1) is 11.3 Å². The molecule has 21 heavy (non-hydrogen) atoms. The molecule has 0 saturated heterocycles. The maximum Gasteiger partial charge on any atom is 0.0834 e. The molecular formula is C19H22N2. The summed E-state index contributed by atoms with van der Waals surface area (Å²) in [5, 5.41) is 9.66. The minimum atomic E-state index is -0.516. The molecule has 1 unspecified atom stereocenters. The molecule has 0 amide bonds. The first-order valence-electron chi connectivity index (χ1n) is 7.26. The van der Waals surface area contributed by atoms with Gasteiger partial charge in [0.25, 0.3) is 0 Å². The lowest BCUT2D eigenvalue weighted by atomic mass is 9.77. The molecule has 1 atom stereocenters. The highest BCUT2D eigenvalue weighted by Gasteiger charge is 2.27. The molecule has 2 aromatic rings. The molecule has 2 nitrogen and oxygen atoms in total. The molecule has 2 rings (SSSR count). The summed E-state index contributed by atoms with van der Waals surface area (Å²) in [6.07, 6.45) is 4.24. The topological polar surface area (TPSA) is 36.7 Å². The fourth-order valence-corrected chi connectivity index (χ4v) is 2.45. The Balaban J connectivity index is 2.31. The summed E-state index contributed by atoms with van der Waals surface area (Å²) in [6.45, 7) is 8.59. The van der Waals surface area contributed by atoms with E-state index in [4.69, 9.17) is 0 Å². The molecule has 0 N–H and O–H groups in total. The van der Waals surface area contributed by atoms with Crippen LogP contribution >= 0.6 is 0 Å². The van der Waals surface area contributed by atoms with Gasteiger partial charge in [0.15, 0.2) is 0 Å². The normalized spacial score (nSPS) is 14.2. The van der Waals surface area contributed by atoms with Gasteiger partial charge in [0.2, 0.25) is 0 Å². The SMILES string of the molecule is CC(C)(C)c1ccc(C(C)(C#N)Cc2ccncc2)cc1. The highest BCUT2D eigenvalue weighted by molar-refractivity contribution is 5.37. The van der Waals surface area contributed by atoms with Crippen molar-refractivity contribution in [1.29, 1.82) is 5.26 Å². The molecule has 0 aliphatic rings. The number of benzene rings is 1. The van der Waals surface area contributed by atoms with E-state index in [-0.39, 0.29) is 5.41 Å². The minimum Gasteiger partial charge on any atom is -0.265 e. The maximum absolute atomic E-state index is 9.66. The molecule has 1 aromatic heterocycles. The van der Waals surface area contributed by atoms with Crippen LogP contribution in [0.5, 0.6) is 0 Å². The van der Waals surface area contributed by atoms with Crippen molar-refractivity contribution in [1.82, 2.24) is 4.98 Å². The highest BCUT2D eigenvalue weighted by atomic mass is 14.6. The molecule has 0 aliphatic heterocycles. The van der Waals surface area contributed by atoms with E-state index >= 15 is 0 Å². The summed E-state index contributed by atoms with van der Waals surface area (Å²) < 4.78 is 0. The van der Waals surface area contributed by atoms with Crippen molar-refractivity contribution in [3.63, 3.8) is 0 Å². The van der Waals surface area contributed by atoms with E-state index in [1.807, 2.05) is 19.1 Å². The number of nitrogens with zero attached hydrogens (tertiary/aromatic N) is 2. The lowest BCUT2D eigenvalue weighted by Gasteiger charge is -2.24. The van der Waals surface area contributed by atoms with Gasteiger partial charge in [-0.05, 0) is 47.6 Å². The van der Waals surface area contributed by atoms with Gasteiger partial charge in [0.1, 0.15) is 0 Å². The Morgan fingerprint density at radius 3 is 1.90 bits per heavy atom. The van der Waals surface area contributed by atoms with Gasteiger partial charge in [-0.1, -0.05) is 45.0 Å². The Bertz CT molecular complexity index is 630. The fourth-order valence-electron chi connectivity index (χ4n) is 2.45. The van der Waals surface area contributed by atoms with Gasteiger partial charge in [-0.3, -0.25) is 4.98 Å². The van der Waals surface area contributed by atoms with Crippen LogP contribution in [0.3, 0.4) is 0 Å². The van der Waals surface area contributed by atoms with Crippen molar-refractivity contribution < 1.29 is 0 Å². The first-order valence-corrected chi connectivity index (χ1v) is 7.26. The number of nitriles is 1. The van der Waals surface area contributed by atoms with Gasteiger partial charge in [-0.25, -0.2) is 0 Å². The summed E-state index contributed by atoms with van der Waals surface area (Å²) in [5.74, 6) is 0. The third-order valence-corrected chi connectivity index (χ3v) is 3.94. The Kier molecular flexibility index (Phi) is 4.14. The second-order valence-electron chi connectivity index (χ2n) is 6.80. The lowest BCUT2D eigenvalue weighted by Crippen LogP contribution is -2.23. The molecule has 2 heteroatoms. The van der Waals surface area contributed by atoms with Crippen LogP contribution in [0.25, 0.3) is 0 Å². The largest absolute Gasteiger partial charge is 0.265 e. The second kappa shape index (κ2) is 5.69. The van der Waals surface area contributed by atoms with E-state index < -0.39 is 5.41 Å². The van der Waals surface area contributed by atoms with Gasteiger partial charge in [-0.15, -0.1) is 0 Å². The van der Waals surface area contributed by atoms with Crippen LogP contribution in [-0.4, -0.2) is 4.98 Å². The van der Waals surface area contributed by atoms with Crippen LogP contribution < -0.4 is 0 Å². The summed E-state index contributed by atoms with van der Waals surface area (Å²) in [4.78, 5) is 4.03. The van der Waals surface area contributed by atoms with E-state index in [1.54, 1.807) is 12.4 Å². The standard InChI is InChI=1S/C19H22N2/c1-18(2,3)16-5-7-17(8-6-16)19(4,14-20)13-15-9-11-21-12-10-15/h5-12H,13H2,1-4H3. The molecule has 0 radical (unpaired) electrons. The number of hydrogen-bond acceptors (Lipinski definition) is 2. The van der Waals surface area contributed by atoms with Crippen molar-refractivity contribution in [3.8, 4) is 6.07 Å². The Morgan fingerprint density at radius 2 is 1.43 bits per heavy atom. The zero-order valence-corrected chi connectivity index (χ0v) is 13.2.